The molecule has 1 unspecified atom stereocenters. The van der Waals surface area contributed by atoms with E-state index in [1.165, 1.54) is 7.05 Å². The van der Waals surface area contributed by atoms with Gasteiger partial charge in [0.15, 0.2) is 0 Å². The van der Waals surface area contributed by atoms with Crippen molar-refractivity contribution in [2.45, 2.75) is 25.3 Å². The normalized spacial score (nSPS) is 13.3. The fourth-order valence-corrected chi connectivity index (χ4v) is 3.98. The van der Waals surface area contributed by atoms with Crippen molar-refractivity contribution in [3.8, 4) is 16.9 Å². The first kappa shape index (κ1) is 23.0. The lowest BCUT2D eigenvalue weighted by molar-refractivity contribution is -0.137. The summed E-state index contributed by atoms with van der Waals surface area (Å²) in [6, 6.07) is 2.25. The van der Waals surface area contributed by atoms with E-state index in [2.05, 4.69) is 5.10 Å². The summed E-state index contributed by atoms with van der Waals surface area (Å²) in [7, 11) is -2.94. The Hall–Kier alpha value is -2.25. The molecule has 1 aromatic heterocycles. The summed E-state index contributed by atoms with van der Waals surface area (Å²) in [6.45, 7) is 1.57. The summed E-state index contributed by atoms with van der Waals surface area (Å²) in [6.07, 6.45) is -3.51. The number of hydrogen-bond donors (Lipinski definition) is 0. The lowest BCUT2D eigenvalue weighted by atomic mass is 9.99. The molecule has 1 atom stereocenters. The van der Waals surface area contributed by atoms with Crippen LogP contribution in [0.15, 0.2) is 29.2 Å². The Morgan fingerprint density at radius 1 is 1.28 bits per heavy atom. The van der Waals surface area contributed by atoms with Crippen molar-refractivity contribution < 1.29 is 34.5 Å². The zero-order valence-corrected chi connectivity index (χ0v) is 16.9. The maximum absolute atomic E-state index is 13.0. The van der Waals surface area contributed by atoms with E-state index in [1.54, 1.807) is 6.92 Å². The largest absolute Gasteiger partial charge is 0.772 e. The van der Waals surface area contributed by atoms with Gasteiger partial charge in [0.25, 0.3) is 0 Å². The molecular formula is C16H16F3N2O6S2-. The van der Waals surface area contributed by atoms with Crippen LogP contribution in [0.3, 0.4) is 0 Å². The first-order valence-corrected chi connectivity index (χ1v) is 10.9. The lowest BCUT2D eigenvalue weighted by Crippen LogP contribution is -2.25. The molecular weight excluding hydrogens is 437 g/mol. The summed E-state index contributed by atoms with van der Waals surface area (Å²) < 4.78 is 91.2. The fourth-order valence-electron chi connectivity index (χ4n) is 2.49. The van der Waals surface area contributed by atoms with Crippen molar-refractivity contribution in [2.24, 2.45) is 7.05 Å². The van der Waals surface area contributed by atoms with Gasteiger partial charge in [0, 0.05) is 12.8 Å². The smallest absolute Gasteiger partial charge is 0.416 e. The second-order valence-electron chi connectivity index (χ2n) is 5.98. The van der Waals surface area contributed by atoms with Crippen molar-refractivity contribution in [1.29, 1.82) is 0 Å². The Morgan fingerprint density at radius 3 is 2.48 bits per heavy atom. The Labute approximate surface area is 166 Å². The number of alkyl halides is 3. The minimum absolute atomic E-state index is 0.117. The first-order chi connectivity index (χ1) is 13.4. The molecule has 29 heavy (non-hydrogen) atoms. The monoisotopic (exact) mass is 453 g/mol. The van der Waals surface area contributed by atoms with Crippen LogP contribution >= 0.6 is 0 Å². The number of aromatic nitrogens is 2. The minimum Gasteiger partial charge on any atom is -0.772 e. The molecule has 0 saturated carbocycles. The third-order valence-corrected chi connectivity index (χ3v) is 5.63. The molecule has 0 radical (unpaired) electrons. The third kappa shape index (κ3) is 5.64. The van der Waals surface area contributed by atoms with Gasteiger partial charge in [-0.3, -0.25) is 9.00 Å². The summed E-state index contributed by atoms with van der Waals surface area (Å²) in [5, 5.41) is 3.74. The van der Waals surface area contributed by atoms with Crippen molar-refractivity contribution in [1.82, 2.24) is 9.78 Å². The van der Waals surface area contributed by atoms with Gasteiger partial charge in [0.1, 0.15) is 0 Å². The average Bonchev–Trinajstić information content (AvgIpc) is 2.58. The molecule has 0 fully saturated rings. The van der Waals surface area contributed by atoms with E-state index in [0.29, 0.717) is 12.1 Å². The van der Waals surface area contributed by atoms with Crippen molar-refractivity contribution >= 4 is 21.2 Å². The number of rotatable bonds is 7. The average molecular weight is 453 g/mol. The third-order valence-electron chi connectivity index (χ3n) is 3.75. The van der Waals surface area contributed by atoms with Gasteiger partial charge in [0.2, 0.25) is 5.75 Å². The van der Waals surface area contributed by atoms with E-state index < -0.39 is 55.8 Å². The van der Waals surface area contributed by atoms with Crippen LogP contribution in [0.2, 0.25) is 0 Å². The van der Waals surface area contributed by atoms with Crippen LogP contribution in [0.5, 0.6) is 5.75 Å². The number of halogens is 3. The van der Waals surface area contributed by atoms with Crippen LogP contribution in [0.1, 0.15) is 24.5 Å². The molecule has 0 N–H and O–H groups in total. The van der Waals surface area contributed by atoms with Crippen LogP contribution < -0.4 is 9.74 Å². The van der Waals surface area contributed by atoms with Gasteiger partial charge in [-0.2, -0.15) is 26.7 Å². The van der Waals surface area contributed by atoms with Crippen LogP contribution in [-0.2, 0) is 40.2 Å². The number of benzene rings is 1. The number of aryl methyl sites for hydroxylation is 1. The highest BCUT2D eigenvalue weighted by atomic mass is 32.2. The molecule has 160 valence electrons. The van der Waals surface area contributed by atoms with Gasteiger partial charge in [-0.15, -0.1) is 0 Å². The second-order valence-corrected chi connectivity index (χ2v) is 8.57. The zero-order chi connectivity index (χ0) is 22.0. The summed E-state index contributed by atoms with van der Waals surface area (Å²) in [5.74, 6) is -1.87. The highest BCUT2D eigenvalue weighted by Crippen LogP contribution is 2.36. The second kappa shape index (κ2) is 8.63. The Balaban J connectivity index is 2.75. The molecule has 2 aromatic rings. The number of hydrogen-bond acceptors (Lipinski definition) is 7. The number of nitrogens with zero attached hydrogens (tertiary/aromatic N) is 2. The summed E-state index contributed by atoms with van der Waals surface area (Å²) in [4.78, 5) is 12.4. The van der Waals surface area contributed by atoms with Gasteiger partial charge >= 0.3 is 21.9 Å². The zero-order valence-electron chi connectivity index (χ0n) is 15.2. The van der Waals surface area contributed by atoms with Gasteiger partial charge in [-0.05, 0) is 29.7 Å². The van der Waals surface area contributed by atoms with E-state index in [4.69, 9.17) is 4.18 Å². The highest BCUT2D eigenvalue weighted by molar-refractivity contribution is 7.87. The Kier molecular flexibility index (Phi) is 6.86. The fraction of sp³-hybridized carbons (Fsp3) is 0.375. The molecule has 1 aromatic carbocycles. The maximum atomic E-state index is 13.0. The van der Waals surface area contributed by atoms with Gasteiger partial charge in [0.05, 0.1) is 23.1 Å². The Morgan fingerprint density at radius 2 is 1.93 bits per heavy atom. The molecule has 0 spiro atoms. The molecule has 0 bridgehead atoms. The van der Waals surface area contributed by atoms with Gasteiger partial charge in [-0.25, -0.2) is 4.68 Å². The standard InChI is InChI=1S/C16H17F3N2O6S2/c1-3-6-29(25,26)27-14-13(8-20-21(2)15(14)22)12-5-4-11(16(17,18)19)7-10(12)9-28(23)24/h4-5,7-8H,3,6,9H2,1-2H3,(H,23,24)/p-1. The van der Waals surface area contributed by atoms with E-state index >= 15 is 0 Å². The highest BCUT2D eigenvalue weighted by Gasteiger charge is 2.31. The van der Waals surface area contributed by atoms with Gasteiger partial charge < -0.3 is 8.74 Å². The SMILES string of the molecule is CCCS(=O)(=O)Oc1c(-c2ccc(C(F)(F)F)cc2CS(=O)[O-])cnn(C)c1=O. The van der Waals surface area contributed by atoms with Crippen molar-refractivity contribution in [3.63, 3.8) is 0 Å². The minimum atomic E-state index is -4.73. The quantitative estimate of drug-likeness (QED) is 0.464. The summed E-state index contributed by atoms with van der Waals surface area (Å²) >= 11 is -2.75. The molecule has 0 aliphatic rings. The van der Waals surface area contributed by atoms with Crippen LogP contribution in [-0.4, -0.2) is 32.7 Å². The first-order valence-electron chi connectivity index (χ1n) is 8.10. The van der Waals surface area contributed by atoms with Crippen LogP contribution in [0, 0.1) is 0 Å². The molecule has 8 nitrogen and oxygen atoms in total. The van der Waals surface area contributed by atoms with E-state index in [9.17, 15) is 35.1 Å². The molecule has 1 heterocycles. The van der Waals surface area contributed by atoms with Crippen LogP contribution in [0.4, 0.5) is 13.2 Å². The van der Waals surface area contributed by atoms with Crippen molar-refractivity contribution in [3.05, 3.63) is 45.9 Å². The van der Waals surface area contributed by atoms with E-state index in [0.717, 1.165) is 16.9 Å². The topological polar surface area (TPSA) is 118 Å². The molecule has 0 amide bonds. The molecule has 13 heteroatoms. The molecule has 0 aliphatic carbocycles. The lowest BCUT2D eigenvalue weighted by Gasteiger charge is -2.17. The maximum Gasteiger partial charge on any atom is 0.416 e. The molecule has 0 saturated heterocycles. The van der Waals surface area contributed by atoms with Gasteiger partial charge in [-0.1, -0.05) is 24.1 Å². The van der Waals surface area contributed by atoms with E-state index in [-0.39, 0.29) is 23.1 Å². The molecule has 2 rings (SSSR count). The predicted octanol–water partition coefficient (Wildman–Crippen LogP) is 1.96. The van der Waals surface area contributed by atoms with Crippen molar-refractivity contribution in [2.75, 3.05) is 5.75 Å². The predicted molar refractivity (Wildman–Crippen MR) is 97.2 cm³/mol. The van der Waals surface area contributed by atoms with E-state index in [1.807, 2.05) is 0 Å². The van der Waals surface area contributed by atoms with Crippen LogP contribution in [0.25, 0.3) is 11.1 Å². The molecule has 0 aliphatic heterocycles. The Bertz CT molecular complexity index is 1100. The summed E-state index contributed by atoms with van der Waals surface area (Å²) in [5.41, 5.74) is -2.69.